The summed E-state index contributed by atoms with van der Waals surface area (Å²) in [5, 5.41) is 3.51. The van der Waals surface area contributed by atoms with E-state index in [0.29, 0.717) is 24.2 Å². The summed E-state index contributed by atoms with van der Waals surface area (Å²) in [4.78, 5) is 22.8. The number of aromatic nitrogens is 4. The summed E-state index contributed by atoms with van der Waals surface area (Å²) in [5.41, 5.74) is 2.76. The summed E-state index contributed by atoms with van der Waals surface area (Å²) in [5.74, 6) is 1.40. The van der Waals surface area contributed by atoms with Crippen molar-refractivity contribution in [2.75, 3.05) is 12.4 Å². The summed E-state index contributed by atoms with van der Waals surface area (Å²) in [7, 11) is 1.66. The molecular weight excluding hydrogens is 414 g/mol. The van der Waals surface area contributed by atoms with Crippen molar-refractivity contribution in [3.05, 3.63) is 58.8 Å². The molecule has 1 aliphatic carbocycles. The maximum Gasteiger partial charge on any atom is 0.333 e. The summed E-state index contributed by atoms with van der Waals surface area (Å²) < 4.78 is 9.02. The Morgan fingerprint density at radius 3 is 2.64 bits per heavy atom. The van der Waals surface area contributed by atoms with E-state index in [4.69, 9.17) is 9.72 Å². The van der Waals surface area contributed by atoms with Crippen LogP contribution < -0.4 is 11.0 Å². The van der Waals surface area contributed by atoms with Gasteiger partial charge in [0.25, 0.3) is 0 Å². The zero-order chi connectivity index (χ0) is 23.6. The number of imidazole rings is 1. The second-order valence-electron chi connectivity index (χ2n) is 9.93. The van der Waals surface area contributed by atoms with Crippen LogP contribution >= 0.6 is 0 Å². The minimum atomic E-state index is -0.476. The van der Waals surface area contributed by atoms with E-state index in [1.165, 1.54) is 12.8 Å². The molecule has 33 heavy (non-hydrogen) atoms. The van der Waals surface area contributed by atoms with Crippen LogP contribution in [0.1, 0.15) is 52.0 Å². The third-order valence-corrected chi connectivity index (χ3v) is 6.59. The zero-order valence-electron chi connectivity index (χ0n) is 20.3. The number of hydrogen-bond donors (Lipinski definition) is 1. The average Bonchev–Trinajstić information content (AvgIpc) is 3.11. The summed E-state index contributed by atoms with van der Waals surface area (Å²) in [6, 6.07) is 10.2. The van der Waals surface area contributed by atoms with Crippen molar-refractivity contribution >= 4 is 5.95 Å². The van der Waals surface area contributed by atoms with Gasteiger partial charge < -0.3 is 10.1 Å². The molecule has 0 bridgehead atoms. The molecule has 0 saturated heterocycles. The first-order valence-corrected chi connectivity index (χ1v) is 11.8. The average molecular weight is 450 g/mol. The second-order valence-corrected chi connectivity index (χ2v) is 9.93. The molecular formula is C26H35N5O2. The fraction of sp³-hybridized carbons (Fsp3) is 0.500. The van der Waals surface area contributed by atoms with Gasteiger partial charge in [0.2, 0.25) is 5.95 Å². The van der Waals surface area contributed by atoms with Crippen molar-refractivity contribution in [2.24, 2.45) is 5.92 Å². The summed E-state index contributed by atoms with van der Waals surface area (Å²) >= 11 is 0. The Morgan fingerprint density at radius 2 is 1.94 bits per heavy atom. The minimum absolute atomic E-state index is 0.116. The second kappa shape index (κ2) is 9.51. The van der Waals surface area contributed by atoms with Crippen molar-refractivity contribution in [1.29, 1.82) is 0 Å². The fourth-order valence-electron chi connectivity index (χ4n) is 4.44. The van der Waals surface area contributed by atoms with Gasteiger partial charge in [0.1, 0.15) is 0 Å². The van der Waals surface area contributed by atoms with Gasteiger partial charge in [-0.2, -0.15) is 0 Å². The van der Waals surface area contributed by atoms with Gasteiger partial charge in [0.05, 0.1) is 29.2 Å². The van der Waals surface area contributed by atoms with Crippen LogP contribution in [-0.2, 0) is 11.3 Å². The van der Waals surface area contributed by atoms with Crippen LogP contribution in [-0.4, -0.2) is 37.9 Å². The first-order valence-electron chi connectivity index (χ1n) is 11.8. The zero-order valence-corrected chi connectivity index (χ0v) is 20.3. The van der Waals surface area contributed by atoms with E-state index in [1.807, 2.05) is 57.3 Å². The van der Waals surface area contributed by atoms with Crippen LogP contribution in [0.3, 0.4) is 0 Å². The van der Waals surface area contributed by atoms with Crippen LogP contribution in [0.25, 0.3) is 17.1 Å². The lowest BCUT2D eigenvalue weighted by molar-refractivity contribution is 0.00739. The Bertz CT molecular complexity index is 1160. The number of benzene rings is 1. The molecule has 0 amide bonds. The summed E-state index contributed by atoms with van der Waals surface area (Å²) in [6.07, 6.45) is 8.35. The molecule has 4 rings (SSSR count). The molecule has 1 fully saturated rings. The number of hydrogen-bond acceptors (Lipinski definition) is 5. The van der Waals surface area contributed by atoms with Crippen LogP contribution in [0.2, 0.25) is 0 Å². The van der Waals surface area contributed by atoms with Crippen molar-refractivity contribution in [2.45, 2.75) is 71.6 Å². The Labute approximate surface area is 195 Å². The van der Waals surface area contributed by atoms with Crippen molar-refractivity contribution in [3.63, 3.8) is 0 Å². The van der Waals surface area contributed by atoms with Crippen LogP contribution in [0, 0.1) is 12.8 Å². The molecule has 2 aromatic heterocycles. The quantitative estimate of drug-likeness (QED) is 0.560. The lowest BCUT2D eigenvalue weighted by Crippen LogP contribution is -2.34. The normalized spacial score (nSPS) is 18.9. The highest BCUT2D eigenvalue weighted by Crippen LogP contribution is 2.26. The number of aryl methyl sites for hydroxylation is 1. The molecule has 0 radical (unpaired) electrons. The van der Waals surface area contributed by atoms with Crippen molar-refractivity contribution < 1.29 is 4.74 Å². The van der Waals surface area contributed by atoms with Crippen LogP contribution in [0.4, 0.5) is 5.95 Å². The molecule has 1 aromatic carbocycles. The predicted octanol–water partition coefficient (Wildman–Crippen LogP) is 4.82. The molecule has 1 aliphatic rings. The summed E-state index contributed by atoms with van der Waals surface area (Å²) in [6.45, 7) is 8.72. The van der Waals surface area contributed by atoms with Crippen LogP contribution in [0.5, 0.6) is 0 Å². The molecule has 176 valence electrons. The van der Waals surface area contributed by atoms with Gasteiger partial charge in [-0.25, -0.2) is 14.8 Å². The third kappa shape index (κ3) is 5.36. The molecule has 0 atom stereocenters. The minimum Gasteiger partial charge on any atom is -0.377 e. The van der Waals surface area contributed by atoms with E-state index in [0.717, 1.165) is 35.7 Å². The largest absolute Gasteiger partial charge is 0.377 e. The molecule has 1 N–H and O–H groups in total. The smallest absolute Gasteiger partial charge is 0.333 e. The molecule has 0 aliphatic heterocycles. The maximum atomic E-state index is 13.5. The highest BCUT2D eigenvalue weighted by Gasteiger charge is 2.23. The molecule has 7 nitrogen and oxygen atoms in total. The van der Waals surface area contributed by atoms with Gasteiger partial charge in [-0.1, -0.05) is 19.1 Å². The first-order chi connectivity index (χ1) is 15.8. The molecule has 0 unspecified atom stereocenters. The Balaban J connectivity index is 1.74. The van der Waals surface area contributed by atoms with Gasteiger partial charge in [0, 0.05) is 25.5 Å². The van der Waals surface area contributed by atoms with E-state index >= 15 is 0 Å². The van der Waals surface area contributed by atoms with Gasteiger partial charge in [-0.15, -0.1) is 0 Å². The van der Waals surface area contributed by atoms with Crippen LogP contribution in [0.15, 0.2) is 47.5 Å². The lowest BCUT2D eigenvalue weighted by Gasteiger charge is -2.26. The van der Waals surface area contributed by atoms with Crippen molar-refractivity contribution in [3.8, 4) is 17.1 Å². The molecule has 3 aromatic rings. The molecule has 2 heterocycles. The number of methoxy groups -OCH3 is 1. The lowest BCUT2D eigenvalue weighted by atomic mass is 9.87. The van der Waals surface area contributed by atoms with Crippen molar-refractivity contribution in [1.82, 2.24) is 19.1 Å². The van der Waals surface area contributed by atoms with Gasteiger partial charge in [0.15, 0.2) is 0 Å². The van der Waals surface area contributed by atoms with E-state index in [9.17, 15) is 4.79 Å². The fourth-order valence-corrected chi connectivity index (χ4v) is 4.44. The monoisotopic (exact) mass is 449 g/mol. The standard InChI is InChI=1S/C26H35N5O2/c1-18-9-11-20(12-10-18)28-24-27-14-13-22(29-24)23-16-30(17-26(3,4)33-5)25(32)31(23)21-8-6-7-19(2)15-21/h6-8,13-16,18,20H,9-12,17H2,1-5H3,(H,27,28,29). The highest BCUT2D eigenvalue weighted by atomic mass is 16.5. The van der Waals surface area contributed by atoms with E-state index < -0.39 is 5.60 Å². The topological polar surface area (TPSA) is 74.0 Å². The van der Waals surface area contributed by atoms with E-state index in [1.54, 1.807) is 22.4 Å². The van der Waals surface area contributed by atoms with E-state index in [-0.39, 0.29) is 5.69 Å². The number of nitrogens with zero attached hydrogens (tertiary/aromatic N) is 4. The molecule has 0 spiro atoms. The molecule has 1 saturated carbocycles. The first kappa shape index (κ1) is 23.2. The van der Waals surface area contributed by atoms with Gasteiger partial charge in [-0.05, 0) is 76.1 Å². The molecule has 7 heteroatoms. The maximum absolute atomic E-state index is 13.5. The van der Waals surface area contributed by atoms with Gasteiger partial charge >= 0.3 is 5.69 Å². The van der Waals surface area contributed by atoms with E-state index in [2.05, 4.69) is 17.2 Å². The Morgan fingerprint density at radius 1 is 1.18 bits per heavy atom. The predicted molar refractivity (Wildman–Crippen MR) is 132 cm³/mol. The number of ether oxygens (including phenoxy) is 1. The number of rotatable bonds is 7. The number of anilines is 1. The Hall–Kier alpha value is -2.93. The Kier molecular flexibility index (Phi) is 6.70. The number of nitrogens with one attached hydrogen (secondary N) is 1. The highest BCUT2D eigenvalue weighted by molar-refractivity contribution is 5.59. The third-order valence-electron chi connectivity index (χ3n) is 6.59. The van der Waals surface area contributed by atoms with Gasteiger partial charge in [-0.3, -0.25) is 9.13 Å². The SMILES string of the molecule is COC(C)(C)Cn1cc(-c2ccnc(NC3CCC(C)CC3)n2)n(-c2cccc(C)c2)c1=O.